The summed E-state index contributed by atoms with van der Waals surface area (Å²) < 4.78 is 27.4. The van der Waals surface area contributed by atoms with Gasteiger partial charge in [0.2, 0.25) is 10.0 Å². The number of fused-ring (bicyclic) bond motifs is 1. The van der Waals surface area contributed by atoms with Crippen LogP contribution in [0.25, 0.3) is 0 Å². The first-order valence-electron chi connectivity index (χ1n) is 7.82. The van der Waals surface area contributed by atoms with Gasteiger partial charge in [-0.15, -0.1) is 0 Å². The van der Waals surface area contributed by atoms with Gasteiger partial charge in [-0.05, 0) is 37.2 Å². The van der Waals surface area contributed by atoms with Crippen molar-refractivity contribution in [2.45, 2.75) is 37.1 Å². The molecule has 3 atom stereocenters. The van der Waals surface area contributed by atoms with E-state index in [4.69, 9.17) is 5.73 Å². The number of nitro benzene ring substituents is 1. The molecule has 0 bridgehead atoms. The van der Waals surface area contributed by atoms with E-state index in [0.29, 0.717) is 18.7 Å². The minimum atomic E-state index is -3.89. The first-order chi connectivity index (χ1) is 10.8. The summed E-state index contributed by atoms with van der Waals surface area (Å²) in [6.07, 6.45) is 2.90. The standard InChI is InChI=1S/C15H21N3O4S/c1-10-4-2-7-14(18(19)20)15(10)23(21,22)17-8-11-5-3-6-13(16)12(11)9-17/h2,4,7,11-13H,3,5-6,8-9,16H2,1H3. The fraction of sp³-hybridized carbons (Fsp3) is 0.600. The molecule has 1 aromatic rings. The molecule has 2 fully saturated rings. The molecule has 1 saturated carbocycles. The molecule has 2 N–H and O–H groups in total. The van der Waals surface area contributed by atoms with Crippen molar-refractivity contribution in [1.82, 2.24) is 4.31 Å². The Morgan fingerprint density at radius 2 is 2.04 bits per heavy atom. The fourth-order valence-corrected chi connectivity index (χ4v) is 5.81. The number of nitro groups is 1. The topological polar surface area (TPSA) is 107 Å². The smallest absolute Gasteiger partial charge is 0.289 e. The lowest BCUT2D eigenvalue weighted by Crippen LogP contribution is -2.38. The van der Waals surface area contributed by atoms with Gasteiger partial charge in [-0.3, -0.25) is 10.1 Å². The van der Waals surface area contributed by atoms with Crippen LogP contribution >= 0.6 is 0 Å². The van der Waals surface area contributed by atoms with Crippen molar-refractivity contribution in [3.63, 3.8) is 0 Å². The molecule has 23 heavy (non-hydrogen) atoms. The molecule has 1 aliphatic carbocycles. The lowest BCUT2D eigenvalue weighted by Gasteiger charge is -2.29. The SMILES string of the molecule is Cc1cccc([N+](=O)[O-])c1S(=O)(=O)N1CC2CCCC(N)C2C1. The van der Waals surface area contributed by atoms with Crippen molar-refractivity contribution >= 4 is 15.7 Å². The zero-order valence-corrected chi connectivity index (χ0v) is 13.8. The lowest BCUT2D eigenvalue weighted by atomic mass is 9.78. The molecular weight excluding hydrogens is 318 g/mol. The number of rotatable bonds is 3. The largest absolute Gasteiger partial charge is 0.327 e. The average Bonchev–Trinajstić information content (AvgIpc) is 2.93. The van der Waals surface area contributed by atoms with Crippen LogP contribution in [0.5, 0.6) is 0 Å². The van der Waals surface area contributed by atoms with Crippen molar-refractivity contribution < 1.29 is 13.3 Å². The highest BCUT2D eigenvalue weighted by atomic mass is 32.2. The molecule has 2 aliphatic rings. The predicted octanol–water partition coefficient (Wildman–Crippen LogP) is 1.65. The lowest BCUT2D eigenvalue weighted by molar-refractivity contribution is -0.387. The number of nitrogens with zero attached hydrogens (tertiary/aromatic N) is 2. The minimum Gasteiger partial charge on any atom is -0.327 e. The van der Waals surface area contributed by atoms with Crippen molar-refractivity contribution in [3.8, 4) is 0 Å². The molecule has 0 amide bonds. The Balaban J connectivity index is 1.99. The van der Waals surface area contributed by atoms with Crippen LogP contribution in [0.1, 0.15) is 24.8 Å². The Morgan fingerprint density at radius 1 is 1.30 bits per heavy atom. The van der Waals surface area contributed by atoms with E-state index >= 15 is 0 Å². The third-order valence-electron chi connectivity index (χ3n) is 5.11. The first kappa shape index (κ1) is 16.4. The van der Waals surface area contributed by atoms with Crippen LogP contribution in [0.4, 0.5) is 5.69 Å². The summed E-state index contributed by atoms with van der Waals surface area (Å²) in [5.74, 6) is 0.415. The highest BCUT2D eigenvalue weighted by Gasteiger charge is 2.45. The van der Waals surface area contributed by atoms with E-state index in [2.05, 4.69) is 0 Å². The number of hydrogen-bond donors (Lipinski definition) is 1. The number of hydrogen-bond acceptors (Lipinski definition) is 5. The summed E-state index contributed by atoms with van der Waals surface area (Å²) in [7, 11) is -3.89. The van der Waals surface area contributed by atoms with Gasteiger partial charge in [-0.25, -0.2) is 8.42 Å². The van der Waals surface area contributed by atoms with Crippen molar-refractivity contribution in [3.05, 3.63) is 33.9 Å². The average molecular weight is 339 g/mol. The molecule has 126 valence electrons. The molecule has 0 spiro atoms. The van der Waals surface area contributed by atoms with Crippen molar-refractivity contribution in [2.75, 3.05) is 13.1 Å². The summed E-state index contributed by atoms with van der Waals surface area (Å²) in [6, 6.07) is 4.36. The molecule has 1 aromatic carbocycles. The van der Waals surface area contributed by atoms with Gasteiger partial charge >= 0.3 is 0 Å². The van der Waals surface area contributed by atoms with Gasteiger partial charge in [-0.1, -0.05) is 18.6 Å². The molecule has 1 heterocycles. The maximum Gasteiger partial charge on any atom is 0.289 e. The minimum absolute atomic E-state index is 0.0146. The Labute approximate surface area is 135 Å². The summed E-state index contributed by atoms with van der Waals surface area (Å²) >= 11 is 0. The molecular formula is C15H21N3O4S. The van der Waals surface area contributed by atoms with Gasteiger partial charge in [0.25, 0.3) is 5.69 Å². The summed E-state index contributed by atoms with van der Waals surface area (Å²) in [5.41, 5.74) is 6.19. The molecule has 8 heteroatoms. The van der Waals surface area contributed by atoms with Gasteiger partial charge in [0.1, 0.15) is 0 Å². The molecule has 3 rings (SSSR count). The van der Waals surface area contributed by atoms with Crippen LogP contribution in [-0.2, 0) is 10.0 Å². The van der Waals surface area contributed by atoms with E-state index in [9.17, 15) is 18.5 Å². The quantitative estimate of drug-likeness (QED) is 0.665. The van der Waals surface area contributed by atoms with Crippen LogP contribution in [0.3, 0.4) is 0 Å². The maximum absolute atomic E-state index is 13.0. The molecule has 3 unspecified atom stereocenters. The van der Waals surface area contributed by atoms with E-state index in [1.807, 2.05) is 0 Å². The van der Waals surface area contributed by atoms with Crippen LogP contribution in [0.2, 0.25) is 0 Å². The second-order valence-corrected chi connectivity index (χ2v) is 8.40. The van der Waals surface area contributed by atoms with E-state index in [0.717, 1.165) is 19.3 Å². The zero-order chi connectivity index (χ0) is 16.8. The van der Waals surface area contributed by atoms with Gasteiger partial charge in [0.15, 0.2) is 4.90 Å². The number of nitrogens with two attached hydrogens (primary N) is 1. The van der Waals surface area contributed by atoms with E-state index in [1.54, 1.807) is 13.0 Å². The molecule has 1 aliphatic heterocycles. The molecule has 0 aromatic heterocycles. The Kier molecular flexibility index (Phi) is 4.16. The molecule has 1 saturated heterocycles. The zero-order valence-electron chi connectivity index (χ0n) is 13.0. The van der Waals surface area contributed by atoms with Crippen LogP contribution in [0, 0.1) is 28.9 Å². The van der Waals surface area contributed by atoms with Crippen molar-refractivity contribution in [1.29, 1.82) is 0 Å². The normalized spacial score (nSPS) is 28.5. The third kappa shape index (κ3) is 2.75. The van der Waals surface area contributed by atoms with Gasteiger partial charge < -0.3 is 5.73 Å². The fourth-order valence-electron chi connectivity index (χ4n) is 3.92. The van der Waals surface area contributed by atoms with Gasteiger partial charge in [0, 0.05) is 25.2 Å². The summed E-state index contributed by atoms with van der Waals surface area (Å²) in [4.78, 5) is 10.4. The monoisotopic (exact) mass is 339 g/mol. The second-order valence-electron chi connectivity index (χ2n) is 6.52. The molecule has 0 radical (unpaired) electrons. The summed E-state index contributed by atoms with van der Waals surface area (Å²) in [5, 5.41) is 11.2. The van der Waals surface area contributed by atoms with E-state index < -0.39 is 14.9 Å². The van der Waals surface area contributed by atoms with Crippen molar-refractivity contribution in [2.24, 2.45) is 17.6 Å². The van der Waals surface area contributed by atoms with E-state index in [1.165, 1.54) is 16.4 Å². The highest BCUT2D eigenvalue weighted by molar-refractivity contribution is 7.89. The Morgan fingerprint density at radius 3 is 2.70 bits per heavy atom. The Bertz CT molecular complexity index is 734. The number of aryl methyl sites for hydroxylation is 1. The first-order valence-corrected chi connectivity index (χ1v) is 9.26. The summed E-state index contributed by atoms with van der Waals surface area (Å²) in [6.45, 7) is 2.36. The Hall–Kier alpha value is -1.51. The second kappa shape index (κ2) is 5.85. The third-order valence-corrected chi connectivity index (χ3v) is 7.13. The van der Waals surface area contributed by atoms with Crippen LogP contribution in [-0.4, -0.2) is 36.8 Å². The van der Waals surface area contributed by atoms with E-state index in [-0.39, 0.29) is 28.5 Å². The molecule has 7 nitrogen and oxygen atoms in total. The number of benzene rings is 1. The van der Waals surface area contributed by atoms with Crippen LogP contribution < -0.4 is 5.73 Å². The van der Waals surface area contributed by atoms with Crippen LogP contribution in [0.15, 0.2) is 23.1 Å². The maximum atomic E-state index is 13.0. The van der Waals surface area contributed by atoms with Gasteiger partial charge in [0.05, 0.1) is 4.92 Å². The number of sulfonamides is 1. The highest BCUT2D eigenvalue weighted by Crippen LogP contribution is 2.39. The predicted molar refractivity (Wildman–Crippen MR) is 85.4 cm³/mol. The van der Waals surface area contributed by atoms with Gasteiger partial charge in [-0.2, -0.15) is 4.31 Å².